The van der Waals surface area contributed by atoms with Crippen molar-refractivity contribution < 1.29 is 4.39 Å². The van der Waals surface area contributed by atoms with Gasteiger partial charge in [0.05, 0.1) is 0 Å². The number of pyridine rings is 1. The highest BCUT2D eigenvalue weighted by Gasteiger charge is 2.02. The zero-order valence-corrected chi connectivity index (χ0v) is 7.68. The topological polar surface area (TPSA) is 43.6 Å². The van der Waals surface area contributed by atoms with E-state index in [1.807, 2.05) is 19.1 Å². The number of rotatable bonds is 2. The monoisotopic (exact) mass is 192 g/mol. The third-order valence-electron chi connectivity index (χ3n) is 1.85. The van der Waals surface area contributed by atoms with Crippen molar-refractivity contribution >= 4 is 0 Å². The lowest BCUT2D eigenvalue weighted by molar-refractivity contribution is 0.535. The maximum atomic E-state index is 12.5. The van der Waals surface area contributed by atoms with Gasteiger partial charge in [-0.3, -0.25) is 0 Å². The van der Waals surface area contributed by atoms with Crippen LogP contribution in [-0.4, -0.2) is 19.7 Å². The second-order valence-electron chi connectivity index (χ2n) is 2.80. The highest BCUT2D eigenvalue weighted by Crippen LogP contribution is 2.04. The Morgan fingerprint density at radius 3 is 2.93 bits per heavy atom. The average molecular weight is 192 g/mol. The fourth-order valence-electron chi connectivity index (χ4n) is 1.14. The lowest BCUT2D eigenvalue weighted by Crippen LogP contribution is -2.00. The van der Waals surface area contributed by atoms with Crippen LogP contribution in [0.1, 0.15) is 12.6 Å². The number of nitrogens with zero attached hydrogens (tertiary/aromatic N) is 4. The summed E-state index contributed by atoms with van der Waals surface area (Å²) >= 11 is 0. The van der Waals surface area contributed by atoms with Crippen molar-refractivity contribution in [2.24, 2.45) is 0 Å². The van der Waals surface area contributed by atoms with E-state index in [9.17, 15) is 4.39 Å². The van der Waals surface area contributed by atoms with E-state index in [4.69, 9.17) is 0 Å². The van der Waals surface area contributed by atoms with Crippen LogP contribution in [0.5, 0.6) is 0 Å². The molecule has 5 heteroatoms. The molecular weight excluding hydrogens is 183 g/mol. The maximum Gasteiger partial charge on any atom is 0.327 e. The molecule has 0 unspecified atom stereocenters. The second-order valence-corrected chi connectivity index (χ2v) is 2.80. The van der Waals surface area contributed by atoms with Gasteiger partial charge in [-0.25, -0.2) is 4.98 Å². The number of aromatic nitrogens is 4. The van der Waals surface area contributed by atoms with Crippen LogP contribution in [0.15, 0.2) is 24.5 Å². The molecule has 0 atom stereocenters. The molecule has 2 heterocycles. The van der Waals surface area contributed by atoms with E-state index in [0.29, 0.717) is 5.82 Å². The highest BCUT2D eigenvalue weighted by molar-refractivity contribution is 5.22. The quantitative estimate of drug-likeness (QED) is 0.721. The lowest BCUT2D eigenvalue weighted by Gasteiger charge is -2.00. The summed E-state index contributed by atoms with van der Waals surface area (Å²) in [5.41, 5.74) is 0.943. The molecule has 72 valence electrons. The standard InChI is InChI=1S/C9H9FN4/c1-2-7-4-3-5-8(12-7)14-6-11-9(10)13-14/h3-6H,2H2,1H3. The fourth-order valence-corrected chi connectivity index (χ4v) is 1.14. The first-order valence-corrected chi connectivity index (χ1v) is 4.33. The molecule has 0 aliphatic rings. The summed E-state index contributed by atoms with van der Waals surface area (Å²) in [5.74, 6) is 0.584. The summed E-state index contributed by atoms with van der Waals surface area (Å²) in [5, 5.41) is 3.53. The van der Waals surface area contributed by atoms with Crippen LogP contribution >= 0.6 is 0 Å². The summed E-state index contributed by atoms with van der Waals surface area (Å²) in [4.78, 5) is 7.66. The molecule has 2 rings (SSSR count). The van der Waals surface area contributed by atoms with Crippen LogP contribution in [0.2, 0.25) is 0 Å². The largest absolute Gasteiger partial charge is 0.327 e. The summed E-state index contributed by atoms with van der Waals surface area (Å²) in [6, 6.07) is 5.53. The van der Waals surface area contributed by atoms with Crippen LogP contribution < -0.4 is 0 Å². The van der Waals surface area contributed by atoms with Gasteiger partial charge in [0.25, 0.3) is 0 Å². The second kappa shape index (κ2) is 3.53. The van der Waals surface area contributed by atoms with E-state index < -0.39 is 6.08 Å². The van der Waals surface area contributed by atoms with E-state index in [1.165, 1.54) is 11.0 Å². The molecule has 0 saturated carbocycles. The van der Waals surface area contributed by atoms with Gasteiger partial charge >= 0.3 is 6.08 Å². The maximum absolute atomic E-state index is 12.5. The van der Waals surface area contributed by atoms with Gasteiger partial charge in [0, 0.05) is 5.69 Å². The lowest BCUT2D eigenvalue weighted by atomic mass is 10.3. The molecule has 0 aromatic carbocycles. The van der Waals surface area contributed by atoms with E-state index in [1.54, 1.807) is 6.07 Å². The fraction of sp³-hybridized carbons (Fsp3) is 0.222. The summed E-state index contributed by atoms with van der Waals surface area (Å²) < 4.78 is 13.8. The Balaban J connectivity index is 2.41. The number of halogens is 1. The van der Waals surface area contributed by atoms with Crippen LogP contribution in [0.4, 0.5) is 4.39 Å². The van der Waals surface area contributed by atoms with E-state index in [-0.39, 0.29) is 0 Å². The van der Waals surface area contributed by atoms with Gasteiger partial charge < -0.3 is 0 Å². The van der Waals surface area contributed by atoms with Crippen molar-refractivity contribution in [3.63, 3.8) is 0 Å². The van der Waals surface area contributed by atoms with Crippen molar-refractivity contribution in [2.45, 2.75) is 13.3 Å². The van der Waals surface area contributed by atoms with Crippen LogP contribution in [-0.2, 0) is 6.42 Å². The molecule has 0 bridgehead atoms. The Bertz CT molecular complexity index is 438. The predicted molar refractivity (Wildman–Crippen MR) is 48.5 cm³/mol. The van der Waals surface area contributed by atoms with E-state index >= 15 is 0 Å². The molecule has 14 heavy (non-hydrogen) atoms. The van der Waals surface area contributed by atoms with Gasteiger partial charge in [-0.2, -0.15) is 14.1 Å². The minimum atomic E-state index is -0.742. The Morgan fingerprint density at radius 2 is 2.29 bits per heavy atom. The summed E-state index contributed by atoms with van der Waals surface area (Å²) in [7, 11) is 0. The van der Waals surface area contributed by atoms with Crippen LogP contribution in [0.25, 0.3) is 5.82 Å². The minimum absolute atomic E-state index is 0.584. The first-order valence-electron chi connectivity index (χ1n) is 4.33. The first kappa shape index (κ1) is 8.80. The molecule has 0 spiro atoms. The Kier molecular flexibility index (Phi) is 2.22. The molecule has 2 aromatic rings. The number of hydrogen-bond donors (Lipinski definition) is 0. The Morgan fingerprint density at radius 1 is 1.43 bits per heavy atom. The van der Waals surface area contributed by atoms with E-state index in [0.717, 1.165) is 12.1 Å². The Hall–Kier alpha value is -1.78. The van der Waals surface area contributed by atoms with Gasteiger partial charge in [0.1, 0.15) is 6.33 Å². The molecule has 0 fully saturated rings. The van der Waals surface area contributed by atoms with Crippen LogP contribution in [0.3, 0.4) is 0 Å². The predicted octanol–water partition coefficient (Wildman–Crippen LogP) is 1.36. The molecule has 0 amide bonds. The van der Waals surface area contributed by atoms with Crippen LogP contribution in [0, 0.1) is 6.08 Å². The molecule has 0 aliphatic heterocycles. The van der Waals surface area contributed by atoms with Crippen molar-refractivity contribution in [2.75, 3.05) is 0 Å². The zero-order chi connectivity index (χ0) is 9.97. The number of aryl methyl sites for hydroxylation is 1. The highest BCUT2D eigenvalue weighted by atomic mass is 19.1. The third-order valence-corrected chi connectivity index (χ3v) is 1.85. The average Bonchev–Trinajstić information content (AvgIpc) is 2.65. The van der Waals surface area contributed by atoms with Crippen molar-refractivity contribution in [3.05, 3.63) is 36.3 Å². The zero-order valence-electron chi connectivity index (χ0n) is 7.68. The first-order chi connectivity index (χ1) is 6.79. The molecule has 0 N–H and O–H groups in total. The Labute approximate surface area is 80.4 Å². The molecule has 4 nitrogen and oxygen atoms in total. The van der Waals surface area contributed by atoms with E-state index in [2.05, 4.69) is 15.1 Å². The minimum Gasteiger partial charge on any atom is -0.234 e. The summed E-state index contributed by atoms with van der Waals surface area (Å²) in [6.45, 7) is 2.01. The SMILES string of the molecule is CCc1cccc(-n2cnc(F)n2)n1. The van der Waals surface area contributed by atoms with Gasteiger partial charge in [0.15, 0.2) is 5.82 Å². The normalized spacial score (nSPS) is 10.4. The molecule has 0 aliphatic carbocycles. The van der Waals surface area contributed by atoms with Crippen molar-refractivity contribution in [3.8, 4) is 5.82 Å². The molecular formula is C9H9FN4. The molecule has 0 saturated heterocycles. The van der Waals surface area contributed by atoms with Gasteiger partial charge in [-0.15, -0.1) is 5.10 Å². The number of hydrogen-bond acceptors (Lipinski definition) is 3. The summed E-state index contributed by atoms with van der Waals surface area (Å²) in [6.07, 6.45) is 1.40. The van der Waals surface area contributed by atoms with Gasteiger partial charge in [-0.1, -0.05) is 13.0 Å². The van der Waals surface area contributed by atoms with Gasteiger partial charge in [0.2, 0.25) is 0 Å². The van der Waals surface area contributed by atoms with Crippen molar-refractivity contribution in [1.29, 1.82) is 0 Å². The molecule has 0 radical (unpaired) electrons. The van der Waals surface area contributed by atoms with Crippen molar-refractivity contribution in [1.82, 2.24) is 19.7 Å². The third kappa shape index (κ3) is 1.61. The molecule has 2 aromatic heterocycles. The smallest absolute Gasteiger partial charge is 0.234 e. The van der Waals surface area contributed by atoms with Gasteiger partial charge in [-0.05, 0) is 18.6 Å².